The molecule has 2 N–H and O–H groups in total. The molecule has 2 rings (SSSR count). The van der Waals surface area contributed by atoms with Crippen molar-refractivity contribution < 1.29 is 4.79 Å². The smallest absolute Gasteiger partial charge is 0.265 e. The zero-order chi connectivity index (χ0) is 14.5. The average molecular weight is 275 g/mol. The molecule has 4 heteroatoms. The molecule has 1 amide bonds. The molecule has 1 aromatic rings. The van der Waals surface area contributed by atoms with Gasteiger partial charge in [-0.25, -0.2) is 5.01 Å². The Kier molecular flexibility index (Phi) is 5.01. The molecular weight excluding hydrogens is 250 g/mol. The van der Waals surface area contributed by atoms with E-state index in [9.17, 15) is 4.79 Å². The monoisotopic (exact) mass is 275 g/mol. The normalized spacial score (nSPS) is 23.4. The highest BCUT2D eigenvalue weighted by Crippen LogP contribution is 2.20. The van der Waals surface area contributed by atoms with Crippen LogP contribution < -0.4 is 10.7 Å². The Morgan fingerprint density at radius 3 is 2.35 bits per heavy atom. The Labute approximate surface area is 121 Å². The zero-order valence-electron chi connectivity index (χ0n) is 12.6. The second-order valence-electron chi connectivity index (χ2n) is 5.58. The SMILES string of the molecule is CCNc1ccc(C(=O)NN2C(C)CCCC2C)cc1. The minimum absolute atomic E-state index is 0.0198. The van der Waals surface area contributed by atoms with Gasteiger partial charge in [0.25, 0.3) is 5.91 Å². The van der Waals surface area contributed by atoms with Gasteiger partial charge < -0.3 is 5.32 Å². The fourth-order valence-electron chi connectivity index (χ4n) is 2.77. The fraction of sp³-hybridized carbons (Fsp3) is 0.562. The van der Waals surface area contributed by atoms with Crippen LogP contribution in [-0.2, 0) is 0 Å². The third-order valence-electron chi connectivity index (χ3n) is 3.95. The van der Waals surface area contributed by atoms with E-state index in [2.05, 4.69) is 36.5 Å². The van der Waals surface area contributed by atoms with Gasteiger partial charge in [-0.05, 0) is 57.9 Å². The van der Waals surface area contributed by atoms with E-state index in [0.29, 0.717) is 17.6 Å². The second-order valence-corrected chi connectivity index (χ2v) is 5.58. The molecule has 1 aliphatic heterocycles. The summed E-state index contributed by atoms with van der Waals surface area (Å²) in [6.07, 6.45) is 3.53. The van der Waals surface area contributed by atoms with Crippen LogP contribution in [0.1, 0.15) is 50.4 Å². The molecule has 2 atom stereocenters. The van der Waals surface area contributed by atoms with Gasteiger partial charge in [0.2, 0.25) is 0 Å². The van der Waals surface area contributed by atoms with Crippen LogP contribution in [0.25, 0.3) is 0 Å². The number of hydrogen-bond acceptors (Lipinski definition) is 3. The van der Waals surface area contributed by atoms with Crippen molar-refractivity contribution >= 4 is 11.6 Å². The summed E-state index contributed by atoms with van der Waals surface area (Å²) in [5.74, 6) is -0.0198. The molecule has 0 spiro atoms. The second kappa shape index (κ2) is 6.75. The highest BCUT2D eigenvalue weighted by Gasteiger charge is 2.26. The number of rotatable bonds is 4. The molecule has 0 aromatic heterocycles. The lowest BCUT2D eigenvalue weighted by molar-refractivity contribution is 0.0370. The minimum atomic E-state index is -0.0198. The third-order valence-corrected chi connectivity index (χ3v) is 3.95. The summed E-state index contributed by atoms with van der Waals surface area (Å²) in [6.45, 7) is 7.28. The van der Waals surface area contributed by atoms with E-state index in [1.165, 1.54) is 6.42 Å². The summed E-state index contributed by atoms with van der Waals surface area (Å²) in [5, 5.41) is 5.33. The number of anilines is 1. The van der Waals surface area contributed by atoms with E-state index in [4.69, 9.17) is 0 Å². The Bertz CT molecular complexity index is 434. The number of carbonyl (C=O) groups is 1. The molecule has 0 saturated carbocycles. The Hall–Kier alpha value is -1.55. The number of nitrogens with zero attached hydrogens (tertiary/aromatic N) is 1. The lowest BCUT2D eigenvalue weighted by atomic mass is 10.00. The third kappa shape index (κ3) is 3.51. The number of piperidine rings is 1. The summed E-state index contributed by atoms with van der Waals surface area (Å²) in [7, 11) is 0. The van der Waals surface area contributed by atoms with Gasteiger partial charge in [0.1, 0.15) is 0 Å². The first-order valence-corrected chi connectivity index (χ1v) is 7.55. The van der Waals surface area contributed by atoms with Gasteiger partial charge in [0.15, 0.2) is 0 Å². The summed E-state index contributed by atoms with van der Waals surface area (Å²) < 4.78 is 0. The van der Waals surface area contributed by atoms with E-state index < -0.39 is 0 Å². The first-order valence-electron chi connectivity index (χ1n) is 7.55. The molecule has 2 unspecified atom stereocenters. The molecule has 0 aliphatic carbocycles. The van der Waals surface area contributed by atoms with Gasteiger partial charge in [-0.1, -0.05) is 6.42 Å². The van der Waals surface area contributed by atoms with Crippen molar-refractivity contribution in [3.63, 3.8) is 0 Å². The van der Waals surface area contributed by atoms with Crippen LogP contribution >= 0.6 is 0 Å². The molecule has 1 heterocycles. The highest BCUT2D eigenvalue weighted by atomic mass is 16.2. The van der Waals surface area contributed by atoms with Crippen LogP contribution in [0.4, 0.5) is 5.69 Å². The van der Waals surface area contributed by atoms with Crippen molar-refractivity contribution in [3.8, 4) is 0 Å². The van der Waals surface area contributed by atoms with Crippen LogP contribution in [-0.4, -0.2) is 29.5 Å². The first kappa shape index (κ1) is 14.9. The number of hydrazine groups is 1. The van der Waals surface area contributed by atoms with Crippen LogP contribution in [0.5, 0.6) is 0 Å². The van der Waals surface area contributed by atoms with Gasteiger partial charge in [0.05, 0.1) is 0 Å². The summed E-state index contributed by atoms with van der Waals surface area (Å²) >= 11 is 0. The Morgan fingerprint density at radius 1 is 1.20 bits per heavy atom. The first-order chi connectivity index (χ1) is 9.61. The van der Waals surface area contributed by atoms with Crippen molar-refractivity contribution in [2.24, 2.45) is 0 Å². The summed E-state index contributed by atoms with van der Waals surface area (Å²) in [6, 6.07) is 8.44. The molecular formula is C16H25N3O. The standard InChI is InChI=1S/C16H25N3O/c1-4-17-15-10-8-14(9-11-15)16(20)18-19-12(2)6-5-7-13(19)3/h8-13,17H,4-7H2,1-3H3,(H,18,20). The summed E-state index contributed by atoms with van der Waals surface area (Å²) in [5.41, 5.74) is 4.81. The largest absolute Gasteiger partial charge is 0.385 e. The van der Waals surface area contributed by atoms with E-state index in [0.717, 1.165) is 25.1 Å². The van der Waals surface area contributed by atoms with Gasteiger partial charge in [-0.3, -0.25) is 10.2 Å². The number of nitrogens with one attached hydrogen (secondary N) is 2. The maximum atomic E-state index is 12.3. The number of carbonyl (C=O) groups excluding carboxylic acids is 1. The van der Waals surface area contributed by atoms with Gasteiger partial charge in [-0.2, -0.15) is 0 Å². The lowest BCUT2D eigenvalue weighted by Gasteiger charge is -2.38. The molecule has 20 heavy (non-hydrogen) atoms. The van der Waals surface area contributed by atoms with Crippen molar-refractivity contribution in [3.05, 3.63) is 29.8 Å². The number of hydrogen-bond donors (Lipinski definition) is 2. The fourth-order valence-corrected chi connectivity index (χ4v) is 2.77. The van der Waals surface area contributed by atoms with Crippen LogP contribution in [0, 0.1) is 0 Å². The molecule has 1 aliphatic rings. The maximum Gasteiger partial charge on any atom is 0.265 e. The molecule has 1 fully saturated rings. The van der Waals surface area contributed by atoms with Crippen LogP contribution in [0.2, 0.25) is 0 Å². The van der Waals surface area contributed by atoms with E-state index in [-0.39, 0.29) is 5.91 Å². The van der Waals surface area contributed by atoms with Crippen molar-refractivity contribution in [1.82, 2.24) is 10.4 Å². The minimum Gasteiger partial charge on any atom is -0.385 e. The average Bonchev–Trinajstić information content (AvgIpc) is 2.44. The topological polar surface area (TPSA) is 44.4 Å². The maximum absolute atomic E-state index is 12.3. The van der Waals surface area contributed by atoms with Gasteiger partial charge in [-0.15, -0.1) is 0 Å². The Morgan fingerprint density at radius 2 is 1.80 bits per heavy atom. The quantitative estimate of drug-likeness (QED) is 0.887. The molecule has 0 bridgehead atoms. The van der Waals surface area contributed by atoms with Gasteiger partial charge in [0, 0.05) is 29.9 Å². The highest BCUT2D eigenvalue weighted by molar-refractivity contribution is 5.94. The molecule has 4 nitrogen and oxygen atoms in total. The summed E-state index contributed by atoms with van der Waals surface area (Å²) in [4.78, 5) is 12.3. The zero-order valence-corrected chi connectivity index (χ0v) is 12.6. The lowest BCUT2D eigenvalue weighted by Crippen LogP contribution is -2.54. The molecule has 1 aromatic carbocycles. The van der Waals surface area contributed by atoms with E-state index in [1.54, 1.807) is 0 Å². The van der Waals surface area contributed by atoms with Crippen molar-refractivity contribution in [1.29, 1.82) is 0 Å². The predicted molar refractivity (Wildman–Crippen MR) is 82.7 cm³/mol. The van der Waals surface area contributed by atoms with Crippen molar-refractivity contribution in [2.75, 3.05) is 11.9 Å². The van der Waals surface area contributed by atoms with Crippen LogP contribution in [0.3, 0.4) is 0 Å². The molecule has 110 valence electrons. The molecule has 0 radical (unpaired) electrons. The number of benzene rings is 1. The molecule has 1 saturated heterocycles. The van der Waals surface area contributed by atoms with Gasteiger partial charge >= 0.3 is 0 Å². The number of amides is 1. The predicted octanol–water partition coefficient (Wildman–Crippen LogP) is 3.03. The Balaban J connectivity index is 2.00. The van der Waals surface area contributed by atoms with Crippen molar-refractivity contribution in [2.45, 2.75) is 52.1 Å². The van der Waals surface area contributed by atoms with E-state index >= 15 is 0 Å². The van der Waals surface area contributed by atoms with Crippen LogP contribution in [0.15, 0.2) is 24.3 Å². The van der Waals surface area contributed by atoms with E-state index in [1.807, 2.05) is 24.3 Å².